The molecule has 3 rings (SSSR count). The van der Waals surface area contributed by atoms with E-state index >= 15 is 0 Å². The lowest BCUT2D eigenvalue weighted by Gasteiger charge is -2.24. The van der Waals surface area contributed by atoms with E-state index in [1.54, 1.807) is 31.4 Å². The highest BCUT2D eigenvalue weighted by molar-refractivity contribution is 7.91. The summed E-state index contributed by atoms with van der Waals surface area (Å²) >= 11 is 0. The molecule has 1 aliphatic heterocycles. The lowest BCUT2D eigenvalue weighted by atomic mass is 10.2. The van der Waals surface area contributed by atoms with E-state index in [1.165, 1.54) is 12.4 Å². The number of anilines is 1. The molecular weight excluding hydrogens is 366 g/mol. The fraction of sp³-hybridized carbons (Fsp3) is 0.444. The highest BCUT2D eigenvalue weighted by Crippen LogP contribution is 2.20. The number of hydrogen-bond acceptors (Lipinski definition) is 7. The van der Waals surface area contributed by atoms with Gasteiger partial charge in [-0.05, 0) is 30.5 Å². The van der Waals surface area contributed by atoms with Gasteiger partial charge < -0.3 is 9.80 Å². The fourth-order valence-electron chi connectivity index (χ4n) is 3.03. The summed E-state index contributed by atoms with van der Waals surface area (Å²) in [5.74, 6) is 0.694. The van der Waals surface area contributed by atoms with E-state index in [1.807, 2.05) is 17.0 Å². The maximum Gasteiger partial charge on any atom is 0.273 e. The third kappa shape index (κ3) is 4.79. The number of sulfone groups is 1. The second kappa shape index (κ2) is 7.99. The van der Waals surface area contributed by atoms with E-state index in [0.29, 0.717) is 18.8 Å². The van der Waals surface area contributed by atoms with Gasteiger partial charge in [0.05, 0.1) is 23.9 Å². The minimum absolute atomic E-state index is 0.103. The molecule has 0 spiro atoms. The maximum atomic E-state index is 12.5. The third-order valence-corrected chi connectivity index (χ3v) is 6.56. The number of likely N-dealkylation sites (N-methyl/N-ethyl adjacent to an activating group) is 1. The Hall–Kier alpha value is -2.55. The topological polar surface area (TPSA) is 96.4 Å². The molecule has 0 saturated carbocycles. The minimum atomic E-state index is -2.97. The van der Waals surface area contributed by atoms with Crippen LogP contribution in [0.2, 0.25) is 0 Å². The van der Waals surface area contributed by atoms with Crippen LogP contribution in [0.4, 0.5) is 5.82 Å². The summed E-state index contributed by atoms with van der Waals surface area (Å²) in [5, 5.41) is 0. The molecule has 0 aliphatic carbocycles. The number of amides is 1. The predicted octanol–water partition coefficient (Wildman–Crippen LogP) is 0.810. The van der Waals surface area contributed by atoms with Gasteiger partial charge in [-0.15, -0.1) is 0 Å². The minimum Gasteiger partial charge on any atom is -0.354 e. The highest BCUT2D eigenvalue weighted by atomic mass is 32.2. The van der Waals surface area contributed by atoms with Crippen molar-refractivity contribution in [2.45, 2.75) is 18.9 Å². The van der Waals surface area contributed by atoms with Gasteiger partial charge >= 0.3 is 0 Å². The molecule has 1 amide bonds. The van der Waals surface area contributed by atoms with Crippen LogP contribution in [0.1, 0.15) is 22.5 Å². The van der Waals surface area contributed by atoms with Gasteiger partial charge in [0.25, 0.3) is 5.91 Å². The van der Waals surface area contributed by atoms with Crippen molar-refractivity contribution in [3.05, 3.63) is 48.2 Å². The predicted molar refractivity (Wildman–Crippen MR) is 102 cm³/mol. The molecule has 1 saturated heterocycles. The maximum absolute atomic E-state index is 12.5. The summed E-state index contributed by atoms with van der Waals surface area (Å²) in [7, 11) is 0.569. The molecule has 1 aliphatic rings. The van der Waals surface area contributed by atoms with E-state index < -0.39 is 9.84 Å². The molecule has 2 aromatic rings. The molecule has 0 aromatic carbocycles. The van der Waals surface area contributed by atoms with Gasteiger partial charge in [0.1, 0.15) is 11.5 Å². The summed E-state index contributed by atoms with van der Waals surface area (Å²) in [6.45, 7) is 0.562. The number of hydrogen-bond donors (Lipinski definition) is 0. The lowest BCUT2D eigenvalue weighted by molar-refractivity contribution is 0.0790. The normalized spacial score (nSPS) is 18.2. The zero-order chi connectivity index (χ0) is 19.4. The number of pyridine rings is 1. The van der Waals surface area contributed by atoms with Crippen LogP contribution in [0.3, 0.4) is 0 Å². The van der Waals surface area contributed by atoms with Crippen molar-refractivity contribution < 1.29 is 13.2 Å². The average molecular weight is 389 g/mol. The van der Waals surface area contributed by atoms with Crippen molar-refractivity contribution in [3.8, 4) is 0 Å². The van der Waals surface area contributed by atoms with Crippen LogP contribution < -0.4 is 4.90 Å². The Labute approximate surface area is 159 Å². The van der Waals surface area contributed by atoms with Crippen LogP contribution in [-0.4, -0.2) is 72.4 Å². The highest BCUT2D eigenvalue weighted by Gasteiger charge is 2.31. The van der Waals surface area contributed by atoms with Crippen LogP contribution >= 0.6 is 0 Å². The molecular formula is C18H23N5O3S. The summed E-state index contributed by atoms with van der Waals surface area (Å²) in [4.78, 5) is 28.4. The number of carbonyl (C=O) groups is 1. The second-order valence-electron chi connectivity index (χ2n) is 6.76. The Morgan fingerprint density at radius 3 is 2.52 bits per heavy atom. The summed E-state index contributed by atoms with van der Waals surface area (Å²) < 4.78 is 23.3. The molecule has 8 nitrogen and oxygen atoms in total. The zero-order valence-corrected chi connectivity index (χ0v) is 16.3. The van der Waals surface area contributed by atoms with Crippen LogP contribution in [-0.2, 0) is 16.3 Å². The molecule has 1 unspecified atom stereocenters. The van der Waals surface area contributed by atoms with Gasteiger partial charge in [-0.3, -0.25) is 9.78 Å². The fourth-order valence-corrected chi connectivity index (χ4v) is 4.80. The molecule has 0 bridgehead atoms. The van der Waals surface area contributed by atoms with Gasteiger partial charge in [-0.2, -0.15) is 0 Å². The Kier molecular flexibility index (Phi) is 5.69. The van der Waals surface area contributed by atoms with Gasteiger partial charge in [-0.25, -0.2) is 18.4 Å². The van der Waals surface area contributed by atoms with Crippen molar-refractivity contribution in [3.63, 3.8) is 0 Å². The van der Waals surface area contributed by atoms with Crippen LogP contribution in [0, 0.1) is 0 Å². The van der Waals surface area contributed by atoms with Gasteiger partial charge in [-0.1, -0.05) is 0 Å². The smallest absolute Gasteiger partial charge is 0.273 e. The zero-order valence-electron chi connectivity index (χ0n) is 15.4. The van der Waals surface area contributed by atoms with Gasteiger partial charge in [0.2, 0.25) is 0 Å². The molecule has 1 fully saturated rings. The van der Waals surface area contributed by atoms with E-state index in [0.717, 1.165) is 12.0 Å². The van der Waals surface area contributed by atoms with Crippen LogP contribution in [0.5, 0.6) is 0 Å². The van der Waals surface area contributed by atoms with Crippen molar-refractivity contribution in [2.75, 3.05) is 37.0 Å². The molecule has 0 N–H and O–H groups in total. The number of rotatable bonds is 6. The summed E-state index contributed by atoms with van der Waals surface area (Å²) in [6.07, 6.45) is 7.74. The monoisotopic (exact) mass is 389 g/mol. The first kappa shape index (κ1) is 19.2. The Balaban J connectivity index is 1.59. The van der Waals surface area contributed by atoms with Gasteiger partial charge in [0.15, 0.2) is 9.84 Å². The largest absolute Gasteiger partial charge is 0.354 e. The quantitative estimate of drug-likeness (QED) is 0.721. The van der Waals surface area contributed by atoms with Crippen molar-refractivity contribution >= 4 is 21.6 Å². The van der Waals surface area contributed by atoms with E-state index in [2.05, 4.69) is 15.0 Å². The Morgan fingerprint density at radius 1 is 1.19 bits per heavy atom. The Bertz CT molecular complexity index is 887. The summed E-state index contributed by atoms with van der Waals surface area (Å²) in [5.41, 5.74) is 1.38. The van der Waals surface area contributed by atoms with Gasteiger partial charge in [0, 0.05) is 39.1 Å². The molecule has 3 heterocycles. The van der Waals surface area contributed by atoms with E-state index in [-0.39, 0.29) is 29.1 Å². The van der Waals surface area contributed by atoms with E-state index in [4.69, 9.17) is 0 Å². The standard InChI is InChI=1S/C18H23N5O3S/c1-22(9-5-14-3-7-19-8-4-14)18(24)16-11-21-17(12-20-16)23(2)15-6-10-27(25,26)13-15/h3-4,7-8,11-12,15H,5-6,9-10,13H2,1-2H3. The SMILES string of the molecule is CN(CCc1ccncc1)C(=O)c1cnc(N(C)C2CCS(=O)(=O)C2)cn1. The molecule has 1 atom stereocenters. The number of aromatic nitrogens is 3. The Morgan fingerprint density at radius 2 is 1.93 bits per heavy atom. The molecule has 2 aromatic heterocycles. The lowest BCUT2D eigenvalue weighted by Crippen LogP contribution is -2.34. The first-order chi connectivity index (χ1) is 12.9. The molecule has 9 heteroatoms. The first-order valence-corrected chi connectivity index (χ1v) is 10.6. The van der Waals surface area contributed by atoms with E-state index in [9.17, 15) is 13.2 Å². The molecule has 27 heavy (non-hydrogen) atoms. The van der Waals surface area contributed by atoms with Crippen molar-refractivity contribution in [1.29, 1.82) is 0 Å². The number of nitrogens with zero attached hydrogens (tertiary/aromatic N) is 5. The summed E-state index contributed by atoms with van der Waals surface area (Å²) in [6, 6.07) is 3.74. The van der Waals surface area contributed by atoms with Crippen molar-refractivity contribution in [2.24, 2.45) is 0 Å². The molecule has 0 radical (unpaired) electrons. The van der Waals surface area contributed by atoms with Crippen LogP contribution in [0.25, 0.3) is 0 Å². The van der Waals surface area contributed by atoms with Crippen molar-refractivity contribution in [1.82, 2.24) is 19.9 Å². The second-order valence-corrected chi connectivity index (χ2v) is 8.99. The first-order valence-electron chi connectivity index (χ1n) is 8.75. The van der Waals surface area contributed by atoms with Crippen LogP contribution in [0.15, 0.2) is 36.9 Å². The number of carbonyl (C=O) groups excluding carboxylic acids is 1. The molecule has 144 valence electrons. The third-order valence-electron chi connectivity index (χ3n) is 4.81. The average Bonchev–Trinajstić information content (AvgIpc) is 3.05.